The standard InChI is InChI=1S/C18H20N2O3/c1-22-17(12-16(21)11-13-7-9-20-10-8-13)18(23-2)14-3-5-15(19)6-4-14/h3-10,12,21H,11,19H2,1-2H3/b16-12-,18-17-. The van der Waals surface area contributed by atoms with Crippen LogP contribution in [-0.2, 0) is 15.9 Å². The molecule has 1 aromatic heterocycles. The minimum absolute atomic E-state index is 0.165. The van der Waals surface area contributed by atoms with Gasteiger partial charge in [0.2, 0.25) is 0 Å². The molecule has 3 N–H and O–H groups in total. The van der Waals surface area contributed by atoms with Gasteiger partial charge in [0, 0.05) is 36.1 Å². The molecule has 0 saturated heterocycles. The molecule has 5 nitrogen and oxygen atoms in total. The van der Waals surface area contributed by atoms with Crippen molar-refractivity contribution in [2.24, 2.45) is 0 Å². The molecule has 2 rings (SSSR count). The number of nitrogens with zero attached hydrogens (tertiary/aromatic N) is 1. The summed E-state index contributed by atoms with van der Waals surface area (Å²) < 4.78 is 10.8. The van der Waals surface area contributed by atoms with Gasteiger partial charge in [-0.2, -0.15) is 0 Å². The van der Waals surface area contributed by atoms with Gasteiger partial charge < -0.3 is 20.3 Å². The van der Waals surface area contributed by atoms with Gasteiger partial charge >= 0.3 is 0 Å². The molecular weight excluding hydrogens is 292 g/mol. The zero-order chi connectivity index (χ0) is 16.7. The Labute approximate surface area is 135 Å². The number of allylic oxidation sites excluding steroid dienone is 2. The van der Waals surface area contributed by atoms with Crippen LogP contribution in [0.15, 0.2) is 66.4 Å². The van der Waals surface area contributed by atoms with E-state index in [4.69, 9.17) is 15.2 Å². The van der Waals surface area contributed by atoms with Crippen molar-refractivity contribution in [1.29, 1.82) is 0 Å². The van der Waals surface area contributed by atoms with E-state index in [-0.39, 0.29) is 5.76 Å². The lowest BCUT2D eigenvalue weighted by Crippen LogP contribution is -1.98. The maximum Gasteiger partial charge on any atom is 0.168 e. The van der Waals surface area contributed by atoms with Gasteiger partial charge in [0.05, 0.1) is 14.2 Å². The van der Waals surface area contributed by atoms with E-state index in [9.17, 15) is 5.11 Å². The molecule has 120 valence electrons. The molecule has 1 heterocycles. The molecule has 0 radical (unpaired) electrons. The molecule has 0 unspecified atom stereocenters. The summed E-state index contributed by atoms with van der Waals surface area (Å²) in [4.78, 5) is 3.95. The number of hydrogen-bond acceptors (Lipinski definition) is 5. The summed E-state index contributed by atoms with van der Waals surface area (Å²) in [5, 5.41) is 10.2. The van der Waals surface area contributed by atoms with E-state index in [2.05, 4.69) is 4.98 Å². The molecule has 0 aliphatic rings. The molecule has 0 saturated carbocycles. The minimum Gasteiger partial charge on any atom is -0.512 e. The number of hydrogen-bond donors (Lipinski definition) is 2. The number of benzene rings is 1. The Balaban J connectivity index is 2.31. The van der Waals surface area contributed by atoms with Crippen LogP contribution in [0.25, 0.3) is 5.76 Å². The molecule has 0 atom stereocenters. The highest BCUT2D eigenvalue weighted by Gasteiger charge is 2.10. The van der Waals surface area contributed by atoms with E-state index >= 15 is 0 Å². The zero-order valence-electron chi connectivity index (χ0n) is 13.2. The van der Waals surface area contributed by atoms with Crippen molar-refractivity contribution in [3.8, 4) is 0 Å². The van der Waals surface area contributed by atoms with Crippen LogP contribution >= 0.6 is 0 Å². The predicted octanol–water partition coefficient (Wildman–Crippen LogP) is 3.31. The Morgan fingerprint density at radius 2 is 1.74 bits per heavy atom. The summed E-state index contributed by atoms with van der Waals surface area (Å²) in [7, 11) is 3.08. The van der Waals surface area contributed by atoms with Gasteiger partial charge in [-0.1, -0.05) is 0 Å². The molecular formula is C18H20N2O3. The van der Waals surface area contributed by atoms with Crippen LogP contribution in [0.5, 0.6) is 0 Å². The van der Waals surface area contributed by atoms with Crippen molar-refractivity contribution in [3.05, 3.63) is 77.5 Å². The third-order valence-electron chi connectivity index (χ3n) is 3.25. The van der Waals surface area contributed by atoms with Gasteiger partial charge in [-0.05, 0) is 42.0 Å². The molecule has 5 heteroatoms. The highest BCUT2D eigenvalue weighted by atomic mass is 16.5. The number of nitrogen functional groups attached to an aromatic ring is 1. The quantitative estimate of drug-likeness (QED) is 0.486. The zero-order valence-corrected chi connectivity index (χ0v) is 13.2. The van der Waals surface area contributed by atoms with Crippen LogP contribution in [-0.4, -0.2) is 24.3 Å². The second-order valence-electron chi connectivity index (χ2n) is 4.89. The first-order valence-electron chi connectivity index (χ1n) is 7.10. The number of aliphatic hydroxyl groups is 1. The normalized spacial score (nSPS) is 12.5. The number of aromatic nitrogens is 1. The smallest absolute Gasteiger partial charge is 0.168 e. The second-order valence-corrected chi connectivity index (χ2v) is 4.89. The Morgan fingerprint density at radius 1 is 1.09 bits per heavy atom. The Kier molecular flexibility index (Phi) is 5.63. The number of aliphatic hydroxyl groups excluding tert-OH is 1. The second kappa shape index (κ2) is 7.89. The van der Waals surface area contributed by atoms with Gasteiger partial charge in [0.25, 0.3) is 0 Å². The number of rotatable bonds is 6. The van der Waals surface area contributed by atoms with Crippen LogP contribution in [0.2, 0.25) is 0 Å². The predicted molar refractivity (Wildman–Crippen MR) is 90.4 cm³/mol. The molecule has 0 amide bonds. The fourth-order valence-electron chi connectivity index (χ4n) is 2.12. The van der Waals surface area contributed by atoms with Crippen molar-refractivity contribution in [2.75, 3.05) is 20.0 Å². The summed E-state index contributed by atoms with van der Waals surface area (Å²) in [5.74, 6) is 1.12. The first kappa shape index (κ1) is 16.4. The van der Waals surface area contributed by atoms with E-state index < -0.39 is 0 Å². The van der Waals surface area contributed by atoms with Crippen LogP contribution < -0.4 is 5.73 Å². The fraction of sp³-hybridized carbons (Fsp3) is 0.167. The Hall–Kier alpha value is -2.95. The van der Waals surface area contributed by atoms with Crippen molar-refractivity contribution < 1.29 is 14.6 Å². The number of nitrogens with two attached hydrogens (primary N) is 1. The van der Waals surface area contributed by atoms with Crippen LogP contribution in [0, 0.1) is 0 Å². The summed E-state index contributed by atoms with van der Waals surface area (Å²) in [6.07, 6.45) is 5.30. The molecule has 0 aliphatic heterocycles. The first-order valence-corrected chi connectivity index (χ1v) is 7.10. The van der Waals surface area contributed by atoms with Crippen molar-refractivity contribution in [3.63, 3.8) is 0 Å². The summed E-state index contributed by atoms with van der Waals surface area (Å²) in [5.41, 5.74) is 8.13. The van der Waals surface area contributed by atoms with Gasteiger partial charge in [-0.3, -0.25) is 4.98 Å². The third-order valence-corrected chi connectivity index (χ3v) is 3.25. The largest absolute Gasteiger partial charge is 0.512 e. The molecule has 0 bridgehead atoms. The van der Waals surface area contributed by atoms with Crippen LogP contribution in [0.1, 0.15) is 11.1 Å². The van der Waals surface area contributed by atoms with E-state index in [0.29, 0.717) is 23.6 Å². The van der Waals surface area contributed by atoms with Crippen LogP contribution in [0.3, 0.4) is 0 Å². The van der Waals surface area contributed by atoms with E-state index in [1.807, 2.05) is 24.3 Å². The van der Waals surface area contributed by atoms with Gasteiger partial charge in [-0.25, -0.2) is 0 Å². The minimum atomic E-state index is 0.165. The topological polar surface area (TPSA) is 77.6 Å². The number of anilines is 1. The lowest BCUT2D eigenvalue weighted by atomic mass is 10.1. The summed E-state index contributed by atoms with van der Waals surface area (Å²) in [6, 6.07) is 10.9. The summed E-state index contributed by atoms with van der Waals surface area (Å²) >= 11 is 0. The van der Waals surface area contributed by atoms with Gasteiger partial charge in [0.15, 0.2) is 11.5 Å². The highest BCUT2D eigenvalue weighted by Crippen LogP contribution is 2.23. The monoisotopic (exact) mass is 312 g/mol. The van der Waals surface area contributed by atoms with E-state index in [1.165, 1.54) is 7.11 Å². The number of methoxy groups -OCH3 is 2. The third kappa shape index (κ3) is 4.51. The maximum absolute atomic E-state index is 10.2. The van der Waals surface area contributed by atoms with Crippen LogP contribution in [0.4, 0.5) is 5.69 Å². The molecule has 1 aromatic carbocycles. The van der Waals surface area contributed by atoms with Crippen molar-refractivity contribution >= 4 is 11.4 Å². The molecule has 0 spiro atoms. The number of pyridine rings is 1. The lowest BCUT2D eigenvalue weighted by Gasteiger charge is -2.12. The SMILES string of the molecule is COC(/C=C(\O)Cc1ccncc1)=C(\OC)c1ccc(N)cc1. The molecule has 0 fully saturated rings. The Morgan fingerprint density at radius 3 is 2.30 bits per heavy atom. The highest BCUT2D eigenvalue weighted by molar-refractivity contribution is 5.65. The molecule has 23 heavy (non-hydrogen) atoms. The average molecular weight is 312 g/mol. The van der Waals surface area contributed by atoms with E-state index in [1.54, 1.807) is 37.7 Å². The van der Waals surface area contributed by atoms with Gasteiger partial charge in [0.1, 0.15) is 5.76 Å². The van der Waals surface area contributed by atoms with Gasteiger partial charge in [-0.15, -0.1) is 0 Å². The molecule has 0 aliphatic carbocycles. The maximum atomic E-state index is 10.2. The number of ether oxygens (including phenoxy) is 2. The Bertz CT molecular complexity index is 692. The summed E-state index contributed by atoms with van der Waals surface area (Å²) in [6.45, 7) is 0. The average Bonchev–Trinajstić information content (AvgIpc) is 2.57. The first-order chi connectivity index (χ1) is 11.1. The van der Waals surface area contributed by atoms with Crippen molar-refractivity contribution in [2.45, 2.75) is 6.42 Å². The lowest BCUT2D eigenvalue weighted by molar-refractivity contribution is 0.274. The van der Waals surface area contributed by atoms with E-state index in [0.717, 1.165) is 11.1 Å². The molecule has 2 aromatic rings. The van der Waals surface area contributed by atoms with Crippen molar-refractivity contribution in [1.82, 2.24) is 4.98 Å². The fourth-order valence-corrected chi connectivity index (χ4v) is 2.12.